The van der Waals surface area contributed by atoms with E-state index in [0.29, 0.717) is 5.56 Å². The van der Waals surface area contributed by atoms with Crippen molar-refractivity contribution in [2.75, 3.05) is 7.11 Å². The molecule has 0 N–H and O–H groups in total. The molecule has 1 heterocycles. The Labute approximate surface area is 107 Å². The SMILES string of the molecule is CCn1nc(I)c2cc(C(=O)OC)ccc21. The number of rotatable bonds is 2. The zero-order valence-corrected chi connectivity index (χ0v) is 11.2. The van der Waals surface area contributed by atoms with E-state index in [9.17, 15) is 4.79 Å². The van der Waals surface area contributed by atoms with Gasteiger partial charge in [-0.25, -0.2) is 4.79 Å². The van der Waals surface area contributed by atoms with Crippen LogP contribution in [-0.2, 0) is 11.3 Å². The molecule has 0 fully saturated rings. The zero-order chi connectivity index (χ0) is 11.7. The molecule has 0 amide bonds. The Bertz CT molecular complexity index is 548. The highest BCUT2D eigenvalue weighted by Gasteiger charge is 2.11. The highest BCUT2D eigenvalue weighted by molar-refractivity contribution is 14.1. The quantitative estimate of drug-likeness (QED) is 0.628. The highest BCUT2D eigenvalue weighted by atomic mass is 127. The van der Waals surface area contributed by atoms with Gasteiger partial charge in [-0.3, -0.25) is 4.68 Å². The number of ether oxygens (including phenoxy) is 1. The molecule has 4 nitrogen and oxygen atoms in total. The average Bonchev–Trinajstić information content (AvgIpc) is 2.64. The van der Waals surface area contributed by atoms with Gasteiger partial charge in [-0.05, 0) is 47.7 Å². The third kappa shape index (κ3) is 1.79. The van der Waals surface area contributed by atoms with Gasteiger partial charge in [0.25, 0.3) is 0 Å². The van der Waals surface area contributed by atoms with Crippen LogP contribution >= 0.6 is 22.6 Å². The van der Waals surface area contributed by atoms with Crippen LogP contribution in [0.5, 0.6) is 0 Å². The third-order valence-electron chi connectivity index (χ3n) is 2.43. The molecule has 0 radical (unpaired) electrons. The molecule has 2 rings (SSSR count). The molecule has 0 saturated carbocycles. The van der Waals surface area contributed by atoms with E-state index >= 15 is 0 Å². The first kappa shape index (κ1) is 11.4. The smallest absolute Gasteiger partial charge is 0.337 e. The van der Waals surface area contributed by atoms with Crippen LogP contribution in [0.2, 0.25) is 0 Å². The van der Waals surface area contributed by atoms with E-state index < -0.39 is 0 Å². The van der Waals surface area contributed by atoms with Gasteiger partial charge >= 0.3 is 5.97 Å². The molecule has 0 bridgehead atoms. The zero-order valence-electron chi connectivity index (χ0n) is 9.03. The van der Waals surface area contributed by atoms with Crippen molar-refractivity contribution in [2.24, 2.45) is 0 Å². The standard InChI is InChI=1S/C11H11IN2O2/c1-3-14-9-5-4-7(11(15)16-2)6-8(9)10(12)13-14/h4-6H,3H2,1-2H3. The van der Waals surface area contributed by atoms with Crippen LogP contribution in [0.25, 0.3) is 10.9 Å². The summed E-state index contributed by atoms with van der Waals surface area (Å²) in [7, 11) is 1.38. The lowest BCUT2D eigenvalue weighted by Gasteiger charge is -2.00. The summed E-state index contributed by atoms with van der Waals surface area (Å²) >= 11 is 2.17. The van der Waals surface area contributed by atoms with Crippen LogP contribution in [-0.4, -0.2) is 22.9 Å². The number of aromatic nitrogens is 2. The monoisotopic (exact) mass is 330 g/mol. The fourth-order valence-corrected chi connectivity index (χ4v) is 2.32. The van der Waals surface area contributed by atoms with E-state index in [1.807, 2.05) is 23.7 Å². The minimum atomic E-state index is -0.318. The molecule has 0 unspecified atom stereocenters. The molecule has 0 saturated heterocycles. The summed E-state index contributed by atoms with van der Waals surface area (Å²) in [5.41, 5.74) is 1.60. The van der Waals surface area contributed by atoms with Gasteiger partial charge in [-0.1, -0.05) is 0 Å². The molecule has 0 aliphatic heterocycles. The molecular formula is C11H11IN2O2. The Kier molecular flexibility index (Phi) is 3.13. The maximum absolute atomic E-state index is 11.4. The predicted molar refractivity (Wildman–Crippen MR) is 69.5 cm³/mol. The second-order valence-corrected chi connectivity index (χ2v) is 4.35. The molecule has 84 valence electrons. The third-order valence-corrected chi connectivity index (χ3v) is 3.22. The highest BCUT2D eigenvalue weighted by Crippen LogP contribution is 2.22. The second kappa shape index (κ2) is 4.40. The lowest BCUT2D eigenvalue weighted by Crippen LogP contribution is -2.01. The van der Waals surface area contributed by atoms with Gasteiger partial charge in [0.2, 0.25) is 0 Å². The first-order valence-corrected chi connectivity index (χ1v) is 5.99. The molecule has 0 spiro atoms. The fourth-order valence-electron chi connectivity index (χ4n) is 1.63. The first-order chi connectivity index (χ1) is 7.67. The van der Waals surface area contributed by atoms with E-state index in [1.54, 1.807) is 6.07 Å². The van der Waals surface area contributed by atoms with Crippen LogP contribution in [0, 0.1) is 3.70 Å². The summed E-state index contributed by atoms with van der Waals surface area (Å²) in [6.07, 6.45) is 0. The summed E-state index contributed by atoms with van der Waals surface area (Å²) in [6.45, 7) is 2.85. The molecule has 5 heteroatoms. The van der Waals surface area contributed by atoms with E-state index in [2.05, 4.69) is 32.4 Å². The normalized spacial score (nSPS) is 10.7. The average molecular weight is 330 g/mol. The largest absolute Gasteiger partial charge is 0.465 e. The summed E-state index contributed by atoms with van der Waals surface area (Å²) in [4.78, 5) is 11.4. The number of benzene rings is 1. The van der Waals surface area contributed by atoms with Crippen molar-refractivity contribution < 1.29 is 9.53 Å². The minimum Gasteiger partial charge on any atom is -0.465 e. The molecule has 1 aromatic heterocycles. The molecule has 2 aromatic rings. The Hall–Kier alpha value is -1.11. The summed E-state index contributed by atoms with van der Waals surface area (Å²) in [6, 6.07) is 5.49. The summed E-state index contributed by atoms with van der Waals surface area (Å²) in [5.74, 6) is -0.318. The number of aryl methyl sites for hydroxylation is 1. The maximum Gasteiger partial charge on any atom is 0.337 e. The number of halogens is 1. The lowest BCUT2D eigenvalue weighted by molar-refractivity contribution is 0.0601. The number of esters is 1. The predicted octanol–water partition coefficient (Wildman–Crippen LogP) is 2.45. The summed E-state index contributed by atoms with van der Waals surface area (Å²) in [5, 5.41) is 5.38. The Morgan fingerprint density at radius 2 is 2.31 bits per heavy atom. The maximum atomic E-state index is 11.4. The van der Waals surface area contributed by atoms with Gasteiger partial charge in [-0.15, -0.1) is 0 Å². The van der Waals surface area contributed by atoms with Crippen LogP contribution in [0.4, 0.5) is 0 Å². The van der Waals surface area contributed by atoms with Crippen LogP contribution in [0.1, 0.15) is 17.3 Å². The fraction of sp³-hybridized carbons (Fsp3) is 0.273. The number of hydrogen-bond acceptors (Lipinski definition) is 3. The van der Waals surface area contributed by atoms with E-state index in [-0.39, 0.29) is 5.97 Å². The van der Waals surface area contributed by atoms with Gasteiger partial charge in [0.05, 0.1) is 18.2 Å². The molecule has 0 aliphatic rings. The van der Waals surface area contributed by atoms with Crippen LogP contribution in [0.3, 0.4) is 0 Å². The molecular weight excluding hydrogens is 319 g/mol. The van der Waals surface area contributed by atoms with Gasteiger partial charge in [0.1, 0.15) is 3.70 Å². The number of nitrogens with zero attached hydrogens (tertiary/aromatic N) is 2. The molecule has 16 heavy (non-hydrogen) atoms. The van der Waals surface area contributed by atoms with Crippen molar-refractivity contribution in [3.63, 3.8) is 0 Å². The second-order valence-electron chi connectivity index (χ2n) is 3.33. The number of hydrogen-bond donors (Lipinski definition) is 0. The van der Waals surface area contributed by atoms with Crippen molar-refractivity contribution in [2.45, 2.75) is 13.5 Å². The Balaban J connectivity index is 2.62. The van der Waals surface area contributed by atoms with Crippen molar-refractivity contribution in [3.05, 3.63) is 27.5 Å². The van der Waals surface area contributed by atoms with Gasteiger partial charge in [-0.2, -0.15) is 5.10 Å². The van der Waals surface area contributed by atoms with E-state index in [4.69, 9.17) is 0 Å². The Morgan fingerprint density at radius 1 is 1.56 bits per heavy atom. The van der Waals surface area contributed by atoms with Crippen molar-refractivity contribution in [1.29, 1.82) is 0 Å². The topological polar surface area (TPSA) is 44.1 Å². The van der Waals surface area contributed by atoms with Gasteiger partial charge in [0.15, 0.2) is 0 Å². The van der Waals surface area contributed by atoms with E-state index in [0.717, 1.165) is 21.1 Å². The first-order valence-electron chi connectivity index (χ1n) is 4.91. The summed E-state index contributed by atoms with van der Waals surface area (Å²) < 4.78 is 7.51. The van der Waals surface area contributed by atoms with Crippen molar-refractivity contribution in [3.8, 4) is 0 Å². The van der Waals surface area contributed by atoms with Gasteiger partial charge in [0, 0.05) is 11.9 Å². The molecule has 0 atom stereocenters. The molecule has 0 aliphatic carbocycles. The number of methoxy groups -OCH3 is 1. The number of fused-ring (bicyclic) bond motifs is 1. The lowest BCUT2D eigenvalue weighted by atomic mass is 10.1. The number of carbonyl (C=O) groups is 1. The van der Waals surface area contributed by atoms with E-state index in [1.165, 1.54) is 7.11 Å². The number of carbonyl (C=O) groups excluding carboxylic acids is 1. The van der Waals surface area contributed by atoms with Crippen LogP contribution in [0.15, 0.2) is 18.2 Å². The van der Waals surface area contributed by atoms with Gasteiger partial charge < -0.3 is 4.74 Å². The van der Waals surface area contributed by atoms with Crippen molar-refractivity contribution >= 4 is 39.5 Å². The molecule has 1 aromatic carbocycles. The minimum absolute atomic E-state index is 0.318. The van der Waals surface area contributed by atoms with Crippen molar-refractivity contribution in [1.82, 2.24) is 9.78 Å². The van der Waals surface area contributed by atoms with Crippen LogP contribution < -0.4 is 0 Å². The Morgan fingerprint density at radius 3 is 2.94 bits per heavy atom.